The summed E-state index contributed by atoms with van der Waals surface area (Å²) in [5.41, 5.74) is 2.24. The number of furan rings is 1. The third-order valence-electron chi connectivity index (χ3n) is 5.01. The topological polar surface area (TPSA) is 71.7 Å². The van der Waals surface area contributed by atoms with Crippen LogP contribution in [0.4, 0.5) is 0 Å². The van der Waals surface area contributed by atoms with E-state index >= 15 is 0 Å². The van der Waals surface area contributed by atoms with E-state index < -0.39 is 0 Å². The Kier molecular flexibility index (Phi) is 4.59. The zero-order valence-corrected chi connectivity index (χ0v) is 15.3. The van der Waals surface area contributed by atoms with Gasteiger partial charge in [0.25, 0.3) is 0 Å². The molecule has 2 aromatic rings. The van der Waals surface area contributed by atoms with Crippen LogP contribution in [0.3, 0.4) is 0 Å². The minimum atomic E-state index is -0.310. The first-order valence-electron chi connectivity index (χ1n) is 8.80. The summed E-state index contributed by atoms with van der Waals surface area (Å²) in [4.78, 5) is 31.4. The maximum absolute atomic E-state index is 13.0. The Morgan fingerprint density at radius 1 is 1.31 bits per heavy atom. The summed E-state index contributed by atoms with van der Waals surface area (Å²) >= 11 is 1.59. The molecule has 0 aromatic carbocycles. The van der Waals surface area contributed by atoms with Crippen molar-refractivity contribution in [2.75, 3.05) is 0 Å². The number of Topliss-reactive ketones (excluding diaryl/α,β-unsaturated/α-hetero) is 1. The number of thiophene rings is 1. The maximum atomic E-state index is 13.0. The molecule has 26 heavy (non-hydrogen) atoms. The zero-order valence-electron chi connectivity index (χ0n) is 14.5. The largest absolute Gasteiger partial charge is 0.467 e. The maximum Gasteiger partial charge on any atom is 0.250 e. The summed E-state index contributed by atoms with van der Waals surface area (Å²) in [6, 6.07) is 7.58. The van der Waals surface area contributed by atoms with Crippen LogP contribution in [0.5, 0.6) is 0 Å². The number of hydrogen-bond donors (Lipinski definition) is 1. The number of rotatable bonds is 4. The number of hydrogen-bond acceptors (Lipinski definition) is 5. The summed E-state index contributed by atoms with van der Waals surface area (Å²) in [7, 11) is 0. The number of carbonyl (C=O) groups is 2. The standard InChI is InChI=1S/C20H20N2O3S/c1-12-17(20(24)21-11-13-5-3-9-25-13)19(16-8-4-10-26-16)18-14(22-12)6-2-7-15(18)23/h3-5,8-10,18-19H,2,6-7,11H2,1H3,(H,21,24). The van der Waals surface area contributed by atoms with Crippen LogP contribution in [0.15, 0.2) is 56.6 Å². The number of nitrogens with one attached hydrogen (secondary N) is 1. The van der Waals surface area contributed by atoms with Crippen molar-refractivity contribution in [3.05, 3.63) is 57.8 Å². The molecule has 6 heteroatoms. The van der Waals surface area contributed by atoms with Crippen molar-refractivity contribution in [3.63, 3.8) is 0 Å². The van der Waals surface area contributed by atoms with Crippen molar-refractivity contribution < 1.29 is 14.0 Å². The molecule has 1 saturated carbocycles. The molecule has 0 spiro atoms. The molecule has 1 aliphatic carbocycles. The second-order valence-corrected chi connectivity index (χ2v) is 7.63. The van der Waals surface area contributed by atoms with E-state index in [1.54, 1.807) is 23.7 Å². The highest BCUT2D eigenvalue weighted by Gasteiger charge is 2.43. The zero-order chi connectivity index (χ0) is 18.1. The Hall–Kier alpha value is -2.47. The van der Waals surface area contributed by atoms with Gasteiger partial charge in [-0.2, -0.15) is 0 Å². The monoisotopic (exact) mass is 368 g/mol. The van der Waals surface area contributed by atoms with Gasteiger partial charge in [-0.15, -0.1) is 11.3 Å². The molecule has 2 aromatic heterocycles. The number of aliphatic imine (C=N–C) groups is 1. The van der Waals surface area contributed by atoms with Gasteiger partial charge in [0.05, 0.1) is 18.7 Å². The minimum absolute atomic E-state index is 0.182. The summed E-state index contributed by atoms with van der Waals surface area (Å²) in [5.74, 6) is 0.149. The van der Waals surface area contributed by atoms with Gasteiger partial charge in [-0.1, -0.05) is 6.07 Å². The molecule has 1 fully saturated rings. The highest BCUT2D eigenvalue weighted by Crippen LogP contribution is 2.44. The second-order valence-electron chi connectivity index (χ2n) is 6.65. The van der Waals surface area contributed by atoms with Gasteiger partial charge in [0.15, 0.2) is 0 Å². The molecule has 0 saturated heterocycles. The number of carbonyl (C=O) groups excluding carboxylic acids is 2. The van der Waals surface area contributed by atoms with Crippen molar-refractivity contribution in [2.45, 2.75) is 38.6 Å². The Morgan fingerprint density at radius 3 is 2.92 bits per heavy atom. The Balaban J connectivity index is 1.70. The SMILES string of the molecule is CC1=C(C(=O)NCc2ccco2)C(c2cccs2)C2C(=O)CCCC2=N1. The van der Waals surface area contributed by atoms with E-state index in [2.05, 4.69) is 10.3 Å². The van der Waals surface area contributed by atoms with Gasteiger partial charge in [0.1, 0.15) is 11.5 Å². The quantitative estimate of drug-likeness (QED) is 0.891. The van der Waals surface area contributed by atoms with E-state index in [1.807, 2.05) is 30.5 Å². The molecule has 2 aliphatic rings. The number of amides is 1. The molecule has 2 atom stereocenters. The first kappa shape index (κ1) is 17.0. The first-order chi connectivity index (χ1) is 12.6. The fraction of sp³-hybridized carbons (Fsp3) is 0.350. The van der Waals surface area contributed by atoms with Gasteiger partial charge in [0, 0.05) is 34.2 Å². The van der Waals surface area contributed by atoms with Gasteiger partial charge < -0.3 is 9.73 Å². The van der Waals surface area contributed by atoms with Gasteiger partial charge in [-0.05, 0) is 43.3 Å². The van der Waals surface area contributed by atoms with Crippen molar-refractivity contribution in [1.29, 1.82) is 0 Å². The Labute approximate surface area is 155 Å². The van der Waals surface area contributed by atoms with E-state index in [4.69, 9.17) is 4.42 Å². The van der Waals surface area contributed by atoms with E-state index in [9.17, 15) is 9.59 Å². The van der Waals surface area contributed by atoms with Crippen molar-refractivity contribution in [2.24, 2.45) is 10.9 Å². The lowest BCUT2D eigenvalue weighted by molar-refractivity contribution is -0.122. The third kappa shape index (κ3) is 3.05. The molecule has 134 valence electrons. The predicted octanol–water partition coefficient (Wildman–Crippen LogP) is 3.84. The molecule has 5 nitrogen and oxygen atoms in total. The highest BCUT2D eigenvalue weighted by molar-refractivity contribution is 7.10. The van der Waals surface area contributed by atoms with Crippen LogP contribution >= 0.6 is 11.3 Å². The van der Waals surface area contributed by atoms with Crippen LogP contribution in [0.25, 0.3) is 0 Å². The van der Waals surface area contributed by atoms with Crippen LogP contribution in [-0.2, 0) is 16.1 Å². The average molecular weight is 368 g/mol. The summed E-state index contributed by atoms with van der Waals surface area (Å²) in [6.07, 6.45) is 3.82. The molecular formula is C20H20N2O3S. The van der Waals surface area contributed by atoms with Gasteiger partial charge in [-0.25, -0.2) is 0 Å². The number of ketones is 1. The van der Waals surface area contributed by atoms with Crippen molar-refractivity contribution in [3.8, 4) is 0 Å². The molecule has 0 radical (unpaired) electrons. The van der Waals surface area contributed by atoms with E-state index in [-0.39, 0.29) is 23.5 Å². The van der Waals surface area contributed by atoms with Crippen LogP contribution in [0, 0.1) is 5.92 Å². The smallest absolute Gasteiger partial charge is 0.250 e. The number of nitrogens with zero attached hydrogens (tertiary/aromatic N) is 1. The third-order valence-corrected chi connectivity index (χ3v) is 5.96. The molecule has 3 heterocycles. The van der Waals surface area contributed by atoms with Gasteiger partial charge in [0.2, 0.25) is 5.91 Å². The van der Waals surface area contributed by atoms with Gasteiger partial charge >= 0.3 is 0 Å². The lowest BCUT2D eigenvalue weighted by Gasteiger charge is -2.35. The lowest BCUT2D eigenvalue weighted by Crippen LogP contribution is -2.40. The van der Waals surface area contributed by atoms with Crippen LogP contribution in [-0.4, -0.2) is 17.4 Å². The number of fused-ring (bicyclic) bond motifs is 1. The van der Waals surface area contributed by atoms with Crippen LogP contribution in [0.2, 0.25) is 0 Å². The van der Waals surface area contributed by atoms with Crippen LogP contribution in [0.1, 0.15) is 42.7 Å². The van der Waals surface area contributed by atoms with E-state index in [0.717, 1.165) is 23.4 Å². The molecule has 4 rings (SSSR count). The Bertz CT molecular complexity index is 878. The molecule has 1 N–H and O–H groups in total. The molecule has 1 aliphatic heterocycles. The normalized spacial score (nSPS) is 22.8. The first-order valence-corrected chi connectivity index (χ1v) is 9.68. The van der Waals surface area contributed by atoms with Gasteiger partial charge in [-0.3, -0.25) is 14.6 Å². The van der Waals surface area contributed by atoms with E-state index in [1.165, 1.54) is 0 Å². The van der Waals surface area contributed by atoms with Crippen molar-refractivity contribution >= 4 is 28.7 Å². The average Bonchev–Trinajstić information content (AvgIpc) is 3.32. The fourth-order valence-electron chi connectivity index (χ4n) is 3.87. The van der Waals surface area contributed by atoms with Crippen molar-refractivity contribution in [1.82, 2.24) is 5.32 Å². The fourth-order valence-corrected chi connectivity index (χ4v) is 4.74. The van der Waals surface area contributed by atoms with Crippen LogP contribution < -0.4 is 5.32 Å². The second kappa shape index (κ2) is 7.03. The molecule has 0 bridgehead atoms. The highest BCUT2D eigenvalue weighted by atomic mass is 32.1. The summed E-state index contributed by atoms with van der Waals surface area (Å²) in [6.45, 7) is 2.18. The Morgan fingerprint density at radius 2 is 2.19 bits per heavy atom. The predicted molar refractivity (Wildman–Crippen MR) is 100 cm³/mol. The molecule has 2 unspecified atom stereocenters. The number of allylic oxidation sites excluding steroid dienone is 1. The minimum Gasteiger partial charge on any atom is -0.467 e. The summed E-state index contributed by atoms with van der Waals surface area (Å²) in [5, 5.41) is 4.91. The molecular weight excluding hydrogens is 348 g/mol. The van der Waals surface area contributed by atoms with E-state index in [0.29, 0.717) is 30.0 Å². The summed E-state index contributed by atoms with van der Waals surface area (Å²) < 4.78 is 5.29. The lowest BCUT2D eigenvalue weighted by atomic mass is 9.71. The molecule has 1 amide bonds.